The molecule has 5 rings (SSSR count). The number of piperidine rings is 1. The van der Waals surface area contributed by atoms with Crippen LogP contribution in [-0.2, 0) is 14.3 Å². The maximum absolute atomic E-state index is 13.0. The molecule has 7 nitrogen and oxygen atoms in total. The van der Waals surface area contributed by atoms with E-state index in [1.807, 2.05) is 31.2 Å². The van der Waals surface area contributed by atoms with Gasteiger partial charge in [-0.3, -0.25) is 9.59 Å². The molecule has 0 aromatic heterocycles. The highest BCUT2D eigenvalue weighted by Crippen LogP contribution is 2.44. The number of alkyl carbamates (subject to hydrolysis) is 1. The molecular weight excluding hydrogens is 444 g/mol. The van der Waals surface area contributed by atoms with E-state index >= 15 is 0 Å². The molecule has 2 N–H and O–H groups in total. The Morgan fingerprint density at radius 3 is 2.23 bits per heavy atom. The van der Waals surface area contributed by atoms with Gasteiger partial charge in [0.2, 0.25) is 5.91 Å². The van der Waals surface area contributed by atoms with Gasteiger partial charge in [-0.05, 0) is 60.8 Å². The molecule has 0 bridgehead atoms. The summed E-state index contributed by atoms with van der Waals surface area (Å²) in [7, 11) is 0. The van der Waals surface area contributed by atoms with E-state index in [-0.39, 0.29) is 42.9 Å². The number of carbonyl (C=O) groups is 3. The van der Waals surface area contributed by atoms with Crippen LogP contribution in [0.25, 0.3) is 11.1 Å². The molecule has 35 heavy (non-hydrogen) atoms. The van der Waals surface area contributed by atoms with Gasteiger partial charge in [0.05, 0.1) is 5.92 Å². The molecule has 1 unspecified atom stereocenters. The lowest BCUT2D eigenvalue weighted by atomic mass is 9.91. The number of hydrogen-bond acceptors (Lipinski definition) is 4. The summed E-state index contributed by atoms with van der Waals surface area (Å²) < 4.78 is 5.70. The highest BCUT2D eigenvalue weighted by molar-refractivity contribution is 5.80. The summed E-state index contributed by atoms with van der Waals surface area (Å²) in [6, 6.07) is 16.0. The van der Waals surface area contributed by atoms with Crippen LogP contribution in [0.15, 0.2) is 48.5 Å². The lowest BCUT2D eigenvalue weighted by Gasteiger charge is -2.37. The molecule has 0 spiro atoms. The predicted octanol–water partition coefficient (Wildman–Crippen LogP) is 4.41. The van der Waals surface area contributed by atoms with Crippen molar-refractivity contribution in [2.75, 3.05) is 13.2 Å². The molecule has 2 aromatic rings. The Labute approximate surface area is 205 Å². The SMILES string of the molecule is C[C@@H]1C[C@H](C(=O)O)CCN1C(=O)CC(NC(=O)OCC1c2ccccc2-c2ccccc21)C1CC1. The van der Waals surface area contributed by atoms with Gasteiger partial charge < -0.3 is 20.1 Å². The molecule has 3 aliphatic rings. The number of carboxylic acid groups (broad SMARTS) is 1. The average molecular weight is 477 g/mol. The van der Waals surface area contributed by atoms with Crippen LogP contribution < -0.4 is 5.32 Å². The number of hydrogen-bond donors (Lipinski definition) is 2. The summed E-state index contributed by atoms with van der Waals surface area (Å²) >= 11 is 0. The summed E-state index contributed by atoms with van der Waals surface area (Å²) in [5, 5.41) is 12.2. The first-order chi connectivity index (χ1) is 16.9. The van der Waals surface area contributed by atoms with Crippen molar-refractivity contribution in [3.63, 3.8) is 0 Å². The summed E-state index contributed by atoms with van der Waals surface area (Å²) in [5.41, 5.74) is 4.68. The highest BCUT2D eigenvalue weighted by Gasteiger charge is 2.38. The molecule has 184 valence electrons. The van der Waals surface area contributed by atoms with Crippen LogP contribution >= 0.6 is 0 Å². The molecule has 2 aromatic carbocycles. The normalized spacial score (nSPS) is 22.1. The average Bonchev–Trinajstić information content (AvgIpc) is 3.65. The Morgan fingerprint density at radius 2 is 1.66 bits per heavy atom. The first-order valence-electron chi connectivity index (χ1n) is 12.6. The molecule has 1 heterocycles. The Balaban J connectivity index is 1.19. The minimum Gasteiger partial charge on any atom is -0.481 e. The Kier molecular flexibility index (Phi) is 6.50. The number of nitrogens with one attached hydrogen (secondary N) is 1. The van der Waals surface area contributed by atoms with E-state index in [0.29, 0.717) is 19.4 Å². The van der Waals surface area contributed by atoms with E-state index in [1.54, 1.807) is 4.90 Å². The molecule has 1 saturated carbocycles. The van der Waals surface area contributed by atoms with Crippen molar-refractivity contribution in [1.29, 1.82) is 0 Å². The predicted molar refractivity (Wildman–Crippen MR) is 131 cm³/mol. The van der Waals surface area contributed by atoms with E-state index in [4.69, 9.17) is 4.74 Å². The minimum absolute atomic E-state index is 0.00876. The van der Waals surface area contributed by atoms with Gasteiger partial charge in [0.25, 0.3) is 0 Å². The number of aliphatic carboxylic acids is 1. The summed E-state index contributed by atoms with van der Waals surface area (Å²) in [5.74, 6) is -0.946. The zero-order valence-electron chi connectivity index (χ0n) is 20.0. The second-order valence-electron chi connectivity index (χ2n) is 10.1. The van der Waals surface area contributed by atoms with E-state index < -0.39 is 18.0 Å². The monoisotopic (exact) mass is 476 g/mol. The lowest BCUT2D eigenvalue weighted by Crippen LogP contribution is -2.49. The van der Waals surface area contributed by atoms with E-state index in [1.165, 1.54) is 11.1 Å². The smallest absolute Gasteiger partial charge is 0.407 e. The van der Waals surface area contributed by atoms with Crippen LogP contribution in [0.4, 0.5) is 4.79 Å². The number of fused-ring (bicyclic) bond motifs is 3. The third-order valence-electron chi connectivity index (χ3n) is 7.78. The third kappa shape index (κ3) is 4.90. The van der Waals surface area contributed by atoms with Crippen LogP contribution in [0.2, 0.25) is 0 Å². The number of ether oxygens (including phenoxy) is 1. The Morgan fingerprint density at radius 1 is 1.03 bits per heavy atom. The Bertz CT molecular complexity index is 1080. The number of rotatable bonds is 7. The van der Waals surface area contributed by atoms with Crippen LogP contribution in [0, 0.1) is 11.8 Å². The van der Waals surface area contributed by atoms with Crippen LogP contribution in [0.5, 0.6) is 0 Å². The van der Waals surface area contributed by atoms with Gasteiger partial charge in [-0.2, -0.15) is 0 Å². The Hall–Kier alpha value is -3.35. The summed E-state index contributed by atoms with van der Waals surface area (Å²) in [6.45, 7) is 2.59. The summed E-state index contributed by atoms with van der Waals surface area (Å²) in [4.78, 5) is 38.9. The number of likely N-dealkylation sites (tertiary alicyclic amines) is 1. The lowest BCUT2D eigenvalue weighted by molar-refractivity contribution is -0.147. The van der Waals surface area contributed by atoms with Gasteiger partial charge >= 0.3 is 12.1 Å². The maximum atomic E-state index is 13.0. The third-order valence-corrected chi connectivity index (χ3v) is 7.78. The van der Waals surface area contributed by atoms with Crippen molar-refractivity contribution in [3.05, 3.63) is 59.7 Å². The molecule has 7 heteroatoms. The van der Waals surface area contributed by atoms with Crippen molar-refractivity contribution in [1.82, 2.24) is 10.2 Å². The number of nitrogens with zero attached hydrogens (tertiary/aromatic N) is 1. The van der Waals surface area contributed by atoms with Crippen molar-refractivity contribution >= 4 is 18.0 Å². The van der Waals surface area contributed by atoms with Crippen molar-refractivity contribution < 1.29 is 24.2 Å². The fourth-order valence-electron chi connectivity index (χ4n) is 5.70. The first kappa shape index (κ1) is 23.4. The molecule has 1 aliphatic heterocycles. The second-order valence-corrected chi connectivity index (χ2v) is 10.1. The second kappa shape index (κ2) is 9.72. The van der Waals surface area contributed by atoms with Crippen molar-refractivity contribution in [3.8, 4) is 11.1 Å². The minimum atomic E-state index is -0.795. The van der Waals surface area contributed by atoms with Crippen molar-refractivity contribution in [2.45, 2.75) is 57.0 Å². The van der Waals surface area contributed by atoms with Crippen molar-refractivity contribution in [2.24, 2.45) is 11.8 Å². The molecule has 2 amide bonds. The van der Waals surface area contributed by atoms with E-state index in [2.05, 4.69) is 29.6 Å². The van der Waals surface area contributed by atoms with Gasteiger partial charge in [0.15, 0.2) is 0 Å². The summed E-state index contributed by atoms with van der Waals surface area (Å²) in [6.07, 6.45) is 2.64. The molecule has 3 atom stereocenters. The van der Waals surface area contributed by atoms with Crippen LogP contribution in [-0.4, -0.2) is 53.2 Å². The van der Waals surface area contributed by atoms with Gasteiger partial charge in [-0.1, -0.05) is 48.5 Å². The molecule has 2 aliphatic carbocycles. The number of amides is 2. The number of carbonyl (C=O) groups excluding carboxylic acids is 2. The largest absolute Gasteiger partial charge is 0.481 e. The maximum Gasteiger partial charge on any atom is 0.407 e. The zero-order chi connectivity index (χ0) is 24.5. The molecule has 1 saturated heterocycles. The van der Waals surface area contributed by atoms with E-state index in [0.717, 1.165) is 24.0 Å². The van der Waals surface area contributed by atoms with Gasteiger partial charge in [-0.15, -0.1) is 0 Å². The van der Waals surface area contributed by atoms with Gasteiger partial charge in [0, 0.05) is 31.0 Å². The quantitative estimate of drug-likeness (QED) is 0.617. The molecular formula is C28H32N2O5. The fraction of sp³-hybridized carbons (Fsp3) is 0.464. The first-order valence-corrected chi connectivity index (χ1v) is 12.6. The molecule has 0 radical (unpaired) electrons. The van der Waals surface area contributed by atoms with Crippen LogP contribution in [0.3, 0.4) is 0 Å². The standard InChI is InChI=1S/C28H32N2O5/c1-17-14-19(27(32)33)12-13-30(17)26(31)15-25(18-10-11-18)29-28(34)35-16-24-22-8-4-2-6-20(22)21-7-3-5-9-23(21)24/h2-9,17-19,24-25H,10-16H2,1H3,(H,29,34)(H,32,33)/t17-,19-,25?/m1/s1. The topological polar surface area (TPSA) is 95.9 Å². The zero-order valence-corrected chi connectivity index (χ0v) is 20.0. The van der Waals surface area contributed by atoms with Crippen LogP contribution in [0.1, 0.15) is 56.1 Å². The van der Waals surface area contributed by atoms with E-state index in [9.17, 15) is 19.5 Å². The fourth-order valence-corrected chi connectivity index (χ4v) is 5.70. The highest BCUT2D eigenvalue weighted by atomic mass is 16.5. The van der Waals surface area contributed by atoms with Gasteiger partial charge in [0.1, 0.15) is 6.61 Å². The molecule has 2 fully saturated rings. The van der Waals surface area contributed by atoms with Gasteiger partial charge in [-0.25, -0.2) is 4.79 Å². The number of carboxylic acids is 1. The number of benzene rings is 2.